The Hall–Kier alpha value is -2.32. The Kier molecular flexibility index (Phi) is 5.81. The van der Waals surface area contributed by atoms with Crippen LogP contribution in [-0.4, -0.2) is 49.7 Å². The highest BCUT2D eigenvalue weighted by molar-refractivity contribution is 7.89. The molecule has 2 aromatic rings. The maximum atomic E-state index is 13.9. The molecule has 150 valence electrons. The van der Waals surface area contributed by atoms with Gasteiger partial charge >= 0.3 is 0 Å². The third-order valence-electron chi connectivity index (χ3n) is 4.89. The van der Waals surface area contributed by atoms with Gasteiger partial charge in [-0.2, -0.15) is 4.31 Å². The molecular formula is C20H22F2N2O3S. The van der Waals surface area contributed by atoms with Gasteiger partial charge in [0.05, 0.1) is 10.5 Å². The van der Waals surface area contributed by atoms with Crippen LogP contribution in [0.4, 0.5) is 8.78 Å². The van der Waals surface area contributed by atoms with E-state index in [1.807, 2.05) is 13.8 Å². The van der Waals surface area contributed by atoms with Crippen LogP contribution in [0.25, 0.3) is 0 Å². The number of benzene rings is 2. The first kappa shape index (κ1) is 20.4. The van der Waals surface area contributed by atoms with Crippen molar-refractivity contribution in [2.24, 2.45) is 0 Å². The number of piperazine rings is 1. The smallest absolute Gasteiger partial charge is 0.257 e. The fraction of sp³-hybridized carbons (Fsp3) is 0.350. The van der Waals surface area contributed by atoms with Gasteiger partial charge in [-0.15, -0.1) is 0 Å². The van der Waals surface area contributed by atoms with Crippen molar-refractivity contribution in [3.8, 4) is 0 Å². The van der Waals surface area contributed by atoms with Crippen LogP contribution < -0.4 is 0 Å². The predicted octanol–water partition coefficient (Wildman–Crippen LogP) is 3.23. The molecular weight excluding hydrogens is 386 g/mol. The highest BCUT2D eigenvalue weighted by Gasteiger charge is 2.31. The molecule has 0 radical (unpaired) electrons. The fourth-order valence-corrected chi connectivity index (χ4v) is 4.57. The molecule has 1 saturated heterocycles. The van der Waals surface area contributed by atoms with Gasteiger partial charge in [0.1, 0.15) is 0 Å². The molecule has 0 aromatic heterocycles. The molecule has 0 N–H and O–H groups in total. The van der Waals surface area contributed by atoms with E-state index in [-0.39, 0.29) is 36.6 Å². The van der Waals surface area contributed by atoms with E-state index in [1.54, 1.807) is 24.3 Å². The van der Waals surface area contributed by atoms with E-state index in [2.05, 4.69) is 0 Å². The average molecular weight is 408 g/mol. The summed E-state index contributed by atoms with van der Waals surface area (Å²) in [6, 6.07) is 10.2. The molecule has 2 aromatic carbocycles. The quantitative estimate of drug-likeness (QED) is 0.781. The van der Waals surface area contributed by atoms with Crippen LogP contribution in [0, 0.1) is 11.6 Å². The molecule has 1 aliphatic rings. The Morgan fingerprint density at radius 1 is 0.964 bits per heavy atom. The van der Waals surface area contributed by atoms with Crippen LogP contribution in [0.2, 0.25) is 0 Å². The maximum absolute atomic E-state index is 13.9. The van der Waals surface area contributed by atoms with E-state index in [4.69, 9.17) is 0 Å². The van der Waals surface area contributed by atoms with Crippen molar-refractivity contribution in [1.29, 1.82) is 0 Å². The SMILES string of the molecule is CC(C)c1ccc(S(=O)(=O)N2CCN(C(=O)c3cccc(F)c3F)CC2)cc1. The van der Waals surface area contributed by atoms with E-state index in [1.165, 1.54) is 21.3 Å². The summed E-state index contributed by atoms with van der Waals surface area (Å²) in [5.74, 6) is -2.62. The lowest BCUT2D eigenvalue weighted by Crippen LogP contribution is -2.50. The summed E-state index contributed by atoms with van der Waals surface area (Å²) in [4.78, 5) is 14.0. The van der Waals surface area contributed by atoms with Crippen molar-refractivity contribution in [2.45, 2.75) is 24.7 Å². The number of amides is 1. The van der Waals surface area contributed by atoms with Gasteiger partial charge in [-0.25, -0.2) is 17.2 Å². The second-order valence-electron chi connectivity index (χ2n) is 7.02. The summed E-state index contributed by atoms with van der Waals surface area (Å²) in [5.41, 5.74) is 0.701. The van der Waals surface area contributed by atoms with Gasteiger partial charge < -0.3 is 4.90 Å². The van der Waals surface area contributed by atoms with E-state index in [0.717, 1.165) is 11.6 Å². The standard InChI is InChI=1S/C20H22F2N2O3S/c1-14(2)15-6-8-16(9-7-15)28(26,27)24-12-10-23(11-13-24)20(25)17-4-3-5-18(21)19(17)22/h3-9,14H,10-13H2,1-2H3. The van der Waals surface area contributed by atoms with Crippen LogP contribution in [0.1, 0.15) is 35.7 Å². The van der Waals surface area contributed by atoms with Crippen molar-refractivity contribution in [3.05, 3.63) is 65.2 Å². The first-order chi connectivity index (χ1) is 13.2. The molecule has 0 saturated carbocycles. The Balaban J connectivity index is 1.70. The Labute approximate surface area is 163 Å². The Morgan fingerprint density at radius 2 is 1.57 bits per heavy atom. The van der Waals surface area contributed by atoms with Crippen LogP contribution in [0.5, 0.6) is 0 Å². The van der Waals surface area contributed by atoms with Crippen molar-refractivity contribution in [3.63, 3.8) is 0 Å². The number of carbonyl (C=O) groups excluding carboxylic acids is 1. The van der Waals surface area contributed by atoms with Crippen LogP contribution in [0.3, 0.4) is 0 Å². The van der Waals surface area contributed by atoms with Crippen molar-refractivity contribution in [2.75, 3.05) is 26.2 Å². The Bertz CT molecular complexity index is 967. The second kappa shape index (κ2) is 7.97. The number of sulfonamides is 1. The molecule has 0 aliphatic carbocycles. The lowest BCUT2D eigenvalue weighted by Gasteiger charge is -2.34. The van der Waals surface area contributed by atoms with Crippen LogP contribution >= 0.6 is 0 Å². The molecule has 1 aliphatic heterocycles. The summed E-state index contributed by atoms with van der Waals surface area (Å²) in [6.45, 7) is 4.46. The third-order valence-corrected chi connectivity index (χ3v) is 6.81. The number of nitrogens with zero attached hydrogens (tertiary/aromatic N) is 2. The molecule has 1 amide bonds. The lowest BCUT2D eigenvalue weighted by atomic mass is 10.0. The minimum absolute atomic E-state index is 0.0942. The second-order valence-corrected chi connectivity index (χ2v) is 8.96. The minimum Gasteiger partial charge on any atom is -0.336 e. The van der Waals surface area contributed by atoms with Gasteiger partial charge in [0.15, 0.2) is 11.6 Å². The molecule has 8 heteroatoms. The van der Waals surface area contributed by atoms with Gasteiger partial charge in [0.2, 0.25) is 10.0 Å². The van der Waals surface area contributed by atoms with Crippen LogP contribution in [0.15, 0.2) is 47.4 Å². The third kappa shape index (κ3) is 3.93. The molecule has 3 rings (SSSR count). The molecule has 5 nitrogen and oxygen atoms in total. The monoisotopic (exact) mass is 408 g/mol. The van der Waals surface area contributed by atoms with Crippen molar-refractivity contribution < 1.29 is 22.0 Å². The maximum Gasteiger partial charge on any atom is 0.257 e. The molecule has 0 atom stereocenters. The number of hydrogen-bond donors (Lipinski definition) is 0. The first-order valence-corrected chi connectivity index (χ1v) is 10.5. The number of carbonyl (C=O) groups is 1. The number of halogens is 2. The first-order valence-electron chi connectivity index (χ1n) is 9.05. The van der Waals surface area contributed by atoms with Gasteiger partial charge in [-0.3, -0.25) is 4.79 Å². The van der Waals surface area contributed by atoms with Gasteiger partial charge in [-0.1, -0.05) is 32.0 Å². The summed E-state index contributed by atoms with van der Waals surface area (Å²) < 4.78 is 54.2. The summed E-state index contributed by atoms with van der Waals surface area (Å²) in [7, 11) is -3.67. The van der Waals surface area contributed by atoms with Crippen LogP contribution in [-0.2, 0) is 10.0 Å². The van der Waals surface area contributed by atoms with E-state index in [9.17, 15) is 22.0 Å². The molecule has 1 heterocycles. The van der Waals surface area contributed by atoms with E-state index in [0.29, 0.717) is 5.92 Å². The average Bonchev–Trinajstić information content (AvgIpc) is 2.69. The van der Waals surface area contributed by atoms with E-state index >= 15 is 0 Å². The molecule has 1 fully saturated rings. The predicted molar refractivity (Wildman–Crippen MR) is 102 cm³/mol. The Morgan fingerprint density at radius 3 is 2.14 bits per heavy atom. The zero-order chi connectivity index (χ0) is 20.5. The van der Waals surface area contributed by atoms with Gasteiger partial charge in [0.25, 0.3) is 5.91 Å². The highest BCUT2D eigenvalue weighted by Crippen LogP contribution is 2.22. The molecule has 0 bridgehead atoms. The zero-order valence-corrected chi connectivity index (χ0v) is 16.5. The lowest BCUT2D eigenvalue weighted by molar-refractivity contribution is 0.0692. The minimum atomic E-state index is -3.67. The van der Waals surface area contributed by atoms with Gasteiger partial charge in [0, 0.05) is 26.2 Å². The number of hydrogen-bond acceptors (Lipinski definition) is 3. The summed E-state index contributed by atoms with van der Waals surface area (Å²) >= 11 is 0. The topological polar surface area (TPSA) is 57.7 Å². The number of rotatable bonds is 4. The summed E-state index contributed by atoms with van der Waals surface area (Å²) in [5, 5.41) is 0. The van der Waals surface area contributed by atoms with Gasteiger partial charge in [-0.05, 0) is 35.7 Å². The van der Waals surface area contributed by atoms with Crippen molar-refractivity contribution >= 4 is 15.9 Å². The largest absolute Gasteiger partial charge is 0.336 e. The fourth-order valence-electron chi connectivity index (χ4n) is 3.14. The van der Waals surface area contributed by atoms with Crippen molar-refractivity contribution in [1.82, 2.24) is 9.21 Å². The van der Waals surface area contributed by atoms with E-state index < -0.39 is 27.6 Å². The highest BCUT2D eigenvalue weighted by atomic mass is 32.2. The zero-order valence-electron chi connectivity index (χ0n) is 15.7. The molecule has 0 spiro atoms. The molecule has 0 unspecified atom stereocenters. The normalized spacial score (nSPS) is 15.8. The summed E-state index contributed by atoms with van der Waals surface area (Å²) in [6.07, 6.45) is 0. The molecule has 28 heavy (non-hydrogen) atoms.